The highest BCUT2D eigenvalue weighted by Crippen LogP contribution is 2.33. The highest BCUT2D eigenvalue weighted by Gasteiger charge is 2.21. The molecule has 1 aliphatic carbocycles. The minimum atomic E-state index is 0.148. The van der Waals surface area contributed by atoms with Crippen LogP contribution in [-0.2, 0) is 17.6 Å². The first kappa shape index (κ1) is 14.7. The molecular formula is C20H23NO2. The Hall–Kier alpha value is -1.87. The monoisotopic (exact) mass is 309 g/mol. The van der Waals surface area contributed by atoms with E-state index in [1.54, 1.807) is 0 Å². The average molecular weight is 309 g/mol. The molecular weight excluding hydrogens is 286 g/mol. The lowest BCUT2D eigenvalue weighted by Gasteiger charge is -2.17. The van der Waals surface area contributed by atoms with E-state index in [1.807, 2.05) is 0 Å². The van der Waals surface area contributed by atoms with Crippen LogP contribution in [0.1, 0.15) is 36.9 Å². The number of hydrogen-bond donors (Lipinski definition) is 0. The smallest absolute Gasteiger partial charge is 0.214 e. The molecule has 2 heterocycles. The Labute approximate surface area is 137 Å². The highest BCUT2D eigenvalue weighted by atomic mass is 16.5. The van der Waals surface area contributed by atoms with Crippen molar-refractivity contribution >= 4 is 0 Å². The van der Waals surface area contributed by atoms with Crippen molar-refractivity contribution in [1.29, 1.82) is 0 Å². The van der Waals surface area contributed by atoms with Crippen molar-refractivity contribution in [2.45, 2.75) is 44.6 Å². The molecule has 2 aliphatic rings. The van der Waals surface area contributed by atoms with Gasteiger partial charge in [0.25, 0.3) is 0 Å². The average Bonchev–Trinajstić information content (AvgIpc) is 2.98. The van der Waals surface area contributed by atoms with Crippen molar-refractivity contribution in [3.63, 3.8) is 0 Å². The molecule has 3 nitrogen and oxygen atoms in total. The summed E-state index contributed by atoms with van der Waals surface area (Å²) in [5, 5.41) is 0. The minimum absolute atomic E-state index is 0.148. The zero-order valence-electron chi connectivity index (χ0n) is 13.5. The Kier molecular flexibility index (Phi) is 4.29. The van der Waals surface area contributed by atoms with Gasteiger partial charge in [-0.25, -0.2) is 4.98 Å². The molecule has 1 saturated heterocycles. The van der Waals surface area contributed by atoms with Gasteiger partial charge >= 0.3 is 0 Å². The molecule has 1 fully saturated rings. The van der Waals surface area contributed by atoms with E-state index in [4.69, 9.17) is 14.5 Å². The molecule has 1 unspecified atom stereocenters. The third-order valence-electron chi connectivity index (χ3n) is 4.79. The number of ether oxygens (including phenoxy) is 2. The van der Waals surface area contributed by atoms with Gasteiger partial charge in [0.1, 0.15) is 6.10 Å². The van der Waals surface area contributed by atoms with Gasteiger partial charge in [0.05, 0.1) is 13.2 Å². The van der Waals surface area contributed by atoms with Crippen molar-refractivity contribution in [3.05, 3.63) is 47.7 Å². The van der Waals surface area contributed by atoms with Gasteiger partial charge in [-0.05, 0) is 42.4 Å². The molecule has 0 amide bonds. The summed E-state index contributed by atoms with van der Waals surface area (Å²) in [6.07, 6.45) is 7.06. The number of fused-ring (bicyclic) bond motifs is 1. The maximum Gasteiger partial charge on any atom is 0.214 e. The second-order valence-corrected chi connectivity index (χ2v) is 6.46. The van der Waals surface area contributed by atoms with Crippen LogP contribution in [0, 0.1) is 0 Å². The van der Waals surface area contributed by atoms with Gasteiger partial charge in [-0.2, -0.15) is 0 Å². The topological polar surface area (TPSA) is 31.4 Å². The Morgan fingerprint density at radius 1 is 1.04 bits per heavy atom. The van der Waals surface area contributed by atoms with Crippen LogP contribution >= 0.6 is 0 Å². The van der Waals surface area contributed by atoms with Crippen LogP contribution in [0.15, 0.2) is 36.4 Å². The number of nitrogens with zero attached hydrogens (tertiary/aromatic N) is 1. The van der Waals surface area contributed by atoms with Gasteiger partial charge in [-0.15, -0.1) is 0 Å². The number of benzene rings is 1. The van der Waals surface area contributed by atoms with E-state index in [1.165, 1.54) is 41.6 Å². The molecule has 120 valence electrons. The molecule has 0 spiro atoms. The first-order chi connectivity index (χ1) is 11.4. The lowest BCUT2D eigenvalue weighted by molar-refractivity contribution is 0.138. The van der Waals surface area contributed by atoms with Crippen LogP contribution in [0.5, 0.6) is 5.88 Å². The standard InChI is InChI=1S/C20H23NO2/c1-3-7-15(8-4-1)18-13-20(23-16-11-12-22-14-16)21-19-10-6-2-5-9-17(18)19/h1,3-4,7-8,13,16H,2,5-6,9-12,14H2. The van der Waals surface area contributed by atoms with E-state index < -0.39 is 0 Å². The minimum Gasteiger partial charge on any atom is -0.472 e. The van der Waals surface area contributed by atoms with E-state index >= 15 is 0 Å². The lowest BCUT2D eigenvalue weighted by atomic mass is 9.96. The van der Waals surface area contributed by atoms with Crippen LogP contribution in [0.3, 0.4) is 0 Å². The molecule has 0 bridgehead atoms. The van der Waals surface area contributed by atoms with E-state index in [-0.39, 0.29) is 6.10 Å². The number of aromatic nitrogens is 1. The maximum atomic E-state index is 6.11. The van der Waals surface area contributed by atoms with Gasteiger partial charge in [0, 0.05) is 18.2 Å². The SMILES string of the molecule is c1ccc(-c2cc(OC3CCOC3)nc3c2CCCCC3)cc1. The molecule has 1 aromatic heterocycles. The summed E-state index contributed by atoms with van der Waals surface area (Å²) in [6, 6.07) is 12.8. The maximum absolute atomic E-state index is 6.11. The zero-order chi connectivity index (χ0) is 15.5. The summed E-state index contributed by atoms with van der Waals surface area (Å²) in [4.78, 5) is 4.85. The molecule has 0 N–H and O–H groups in total. The zero-order valence-corrected chi connectivity index (χ0v) is 13.5. The molecule has 3 heteroatoms. The summed E-state index contributed by atoms with van der Waals surface area (Å²) < 4.78 is 11.5. The van der Waals surface area contributed by atoms with Crippen LogP contribution in [0.4, 0.5) is 0 Å². The first-order valence-corrected chi connectivity index (χ1v) is 8.73. The third kappa shape index (κ3) is 3.25. The fourth-order valence-corrected chi connectivity index (χ4v) is 3.57. The van der Waals surface area contributed by atoms with Crippen molar-refractivity contribution in [2.75, 3.05) is 13.2 Å². The predicted molar refractivity (Wildman–Crippen MR) is 90.8 cm³/mol. The molecule has 0 saturated carbocycles. The second-order valence-electron chi connectivity index (χ2n) is 6.46. The highest BCUT2D eigenvalue weighted by molar-refractivity contribution is 5.69. The van der Waals surface area contributed by atoms with Crippen molar-refractivity contribution in [2.24, 2.45) is 0 Å². The summed E-state index contributed by atoms with van der Waals surface area (Å²) in [5.41, 5.74) is 5.22. The molecule has 2 aromatic rings. The Bertz CT molecular complexity index is 663. The van der Waals surface area contributed by atoms with Crippen LogP contribution in [0.25, 0.3) is 11.1 Å². The van der Waals surface area contributed by atoms with Crippen LogP contribution < -0.4 is 4.74 Å². The number of rotatable bonds is 3. The number of aryl methyl sites for hydroxylation is 1. The third-order valence-corrected chi connectivity index (χ3v) is 4.79. The van der Waals surface area contributed by atoms with E-state index in [9.17, 15) is 0 Å². The van der Waals surface area contributed by atoms with Gasteiger partial charge < -0.3 is 9.47 Å². The number of pyridine rings is 1. The van der Waals surface area contributed by atoms with Gasteiger partial charge in [0.2, 0.25) is 5.88 Å². The Balaban J connectivity index is 1.75. The molecule has 1 aromatic carbocycles. The Morgan fingerprint density at radius 2 is 1.91 bits per heavy atom. The van der Waals surface area contributed by atoms with E-state index in [0.717, 1.165) is 31.7 Å². The summed E-state index contributed by atoms with van der Waals surface area (Å²) >= 11 is 0. The largest absolute Gasteiger partial charge is 0.472 e. The summed E-state index contributed by atoms with van der Waals surface area (Å²) in [5.74, 6) is 0.764. The fraction of sp³-hybridized carbons (Fsp3) is 0.450. The van der Waals surface area contributed by atoms with Crippen LogP contribution in [-0.4, -0.2) is 24.3 Å². The molecule has 1 atom stereocenters. The molecule has 4 rings (SSSR count). The second kappa shape index (κ2) is 6.71. The summed E-state index contributed by atoms with van der Waals surface area (Å²) in [6.45, 7) is 1.47. The van der Waals surface area contributed by atoms with Crippen LogP contribution in [0.2, 0.25) is 0 Å². The summed E-state index contributed by atoms with van der Waals surface area (Å²) in [7, 11) is 0. The Morgan fingerprint density at radius 3 is 2.74 bits per heavy atom. The van der Waals surface area contributed by atoms with Crippen molar-refractivity contribution < 1.29 is 9.47 Å². The van der Waals surface area contributed by atoms with Gasteiger partial charge in [-0.1, -0.05) is 36.8 Å². The van der Waals surface area contributed by atoms with E-state index in [0.29, 0.717) is 6.61 Å². The van der Waals surface area contributed by atoms with E-state index in [2.05, 4.69) is 36.4 Å². The first-order valence-electron chi connectivity index (χ1n) is 8.73. The normalized spacial score (nSPS) is 20.8. The predicted octanol–water partition coefficient (Wildman–Crippen LogP) is 4.19. The fourth-order valence-electron chi connectivity index (χ4n) is 3.57. The van der Waals surface area contributed by atoms with Crippen molar-refractivity contribution in [1.82, 2.24) is 4.98 Å². The molecule has 23 heavy (non-hydrogen) atoms. The van der Waals surface area contributed by atoms with Gasteiger partial charge in [0.15, 0.2) is 0 Å². The van der Waals surface area contributed by atoms with Gasteiger partial charge in [-0.3, -0.25) is 0 Å². The lowest BCUT2D eigenvalue weighted by Crippen LogP contribution is -2.17. The number of hydrogen-bond acceptors (Lipinski definition) is 3. The quantitative estimate of drug-likeness (QED) is 0.797. The van der Waals surface area contributed by atoms with Crippen molar-refractivity contribution in [3.8, 4) is 17.0 Å². The molecule has 0 radical (unpaired) electrons. The molecule has 1 aliphatic heterocycles.